The summed E-state index contributed by atoms with van der Waals surface area (Å²) in [6, 6.07) is 0. The lowest BCUT2D eigenvalue weighted by Crippen LogP contribution is -3.00. The Kier molecular flexibility index (Phi) is 2.75. The molecule has 2 N–H and O–H groups in total. The molecule has 0 radical (unpaired) electrons. The SMILES string of the molecule is C1C[NH+]=NN1.[Cl-]. The molecule has 0 saturated heterocycles. The van der Waals surface area contributed by atoms with Crippen LogP contribution in [0, 0.1) is 0 Å². The van der Waals surface area contributed by atoms with Crippen molar-refractivity contribution in [1.82, 2.24) is 5.43 Å². The van der Waals surface area contributed by atoms with Gasteiger partial charge in [0.25, 0.3) is 0 Å². The van der Waals surface area contributed by atoms with Gasteiger partial charge >= 0.3 is 0 Å². The molecule has 3 nitrogen and oxygen atoms in total. The second-order valence-electron chi connectivity index (χ2n) is 0.928. The van der Waals surface area contributed by atoms with Crippen molar-refractivity contribution in [1.29, 1.82) is 0 Å². The van der Waals surface area contributed by atoms with Crippen LogP contribution in [-0.2, 0) is 0 Å². The number of hydrogen-bond donors (Lipinski definition) is 2. The molecule has 0 atom stereocenters. The molecule has 0 bridgehead atoms. The van der Waals surface area contributed by atoms with Crippen LogP contribution in [-0.4, -0.2) is 13.1 Å². The highest BCUT2D eigenvalue weighted by Crippen LogP contribution is 1.49. The molecule has 0 aliphatic carbocycles. The highest BCUT2D eigenvalue weighted by Gasteiger charge is 1.92. The van der Waals surface area contributed by atoms with E-state index in [4.69, 9.17) is 0 Å². The fourth-order valence-electron chi connectivity index (χ4n) is 0.280. The zero-order valence-corrected chi connectivity index (χ0v) is 4.00. The lowest BCUT2D eigenvalue weighted by molar-refractivity contribution is -0.516. The molecule has 1 aliphatic heterocycles. The third-order valence-electron chi connectivity index (χ3n) is 0.507. The standard InChI is InChI=1S/C2H5N3.ClH/c1-2-4-5-3-1;/h1-2H2,(H,3,4);1H. The van der Waals surface area contributed by atoms with Crippen molar-refractivity contribution in [2.24, 2.45) is 5.22 Å². The molecule has 0 aromatic rings. The molecule has 1 aliphatic rings. The van der Waals surface area contributed by atoms with Gasteiger partial charge in [0.1, 0.15) is 13.1 Å². The molecule has 1 heterocycles. The predicted octanol–water partition coefficient (Wildman–Crippen LogP) is -4.96. The zero-order chi connectivity index (χ0) is 3.54. The van der Waals surface area contributed by atoms with Gasteiger partial charge in [-0.25, -0.2) is 0 Å². The lowest BCUT2D eigenvalue weighted by atomic mass is 10.7. The summed E-state index contributed by atoms with van der Waals surface area (Å²) in [5, 5.41) is 6.32. The molecule has 0 saturated carbocycles. The summed E-state index contributed by atoms with van der Waals surface area (Å²) in [4.78, 5) is 0. The Balaban J connectivity index is 0.000000250. The van der Waals surface area contributed by atoms with Gasteiger partial charge in [-0.15, -0.1) is 0 Å². The Morgan fingerprint density at radius 3 is 2.67 bits per heavy atom. The first-order valence-corrected chi connectivity index (χ1v) is 1.65. The van der Waals surface area contributed by atoms with Crippen molar-refractivity contribution in [2.75, 3.05) is 13.1 Å². The minimum atomic E-state index is 0. The normalized spacial score (nSPS) is 16.0. The van der Waals surface area contributed by atoms with Crippen molar-refractivity contribution in [3.63, 3.8) is 0 Å². The average Bonchev–Trinajstić information content (AvgIpc) is 1.76. The second-order valence-corrected chi connectivity index (χ2v) is 0.928. The molecule has 4 heteroatoms. The van der Waals surface area contributed by atoms with Crippen LogP contribution >= 0.6 is 0 Å². The van der Waals surface area contributed by atoms with E-state index >= 15 is 0 Å². The summed E-state index contributed by atoms with van der Waals surface area (Å²) in [7, 11) is 0. The summed E-state index contributed by atoms with van der Waals surface area (Å²) >= 11 is 0. The molecule has 36 valence electrons. The van der Waals surface area contributed by atoms with E-state index in [2.05, 4.69) is 15.8 Å². The number of rotatable bonds is 0. The van der Waals surface area contributed by atoms with Crippen LogP contribution in [0.25, 0.3) is 0 Å². The van der Waals surface area contributed by atoms with Crippen LogP contribution in [0.2, 0.25) is 0 Å². The van der Waals surface area contributed by atoms with E-state index in [0.29, 0.717) is 0 Å². The van der Waals surface area contributed by atoms with Gasteiger partial charge in [0.05, 0.1) is 5.22 Å². The molecule has 0 aromatic heterocycles. The summed E-state index contributed by atoms with van der Waals surface area (Å²) in [6.07, 6.45) is 0. The monoisotopic (exact) mass is 107 g/mol. The first kappa shape index (κ1) is 5.69. The molecule has 1 rings (SSSR count). The maximum absolute atomic E-state index is 3.58. The van der Waals surface area contributed by atoms with Gasteiger partial charge in [-0.3, -0.25) is 0 Å². The summed E-state index contributed by atoms with van der Waals surface area (Å²) in [5.74, 6) is 0. The third-order valence-corrected chi connectivity index (χ3v) is 0.507. The molecule has 0 amide bonds. The molecule has 0 aromatic carbocycles. The minimum Gasteiger partial charge on any atom is -1.00 e. The number of nitrogens with one attached hydrogen (secondary N) is 2. The molecule has 0 spiro atoms. The van der Waals surface area contributed by atoms with Gasteiger partial charge in [-0.05, 0) is 0 Å². The average molecular weight is 108 g/mol. The van der Waals surface area contributed by atoms with E-state index in [0.717, 1.165) is 13.1 Å². The van der Waals surface area contributed by atoms with Crippen LogP contribution in [0.3, 0.4) is 0 Å². The van der Waals surface area contributed by atoms with Crippen molar-refractivity contribution < 1.29 is 17.5 Å². The van der Waals surface area contributed by atoms with Crippen LogP contribution in [0.15, 0.2) is 5.22 Å². The topological polar surface area (TPSA) is 38.4 Å². The van der Waals surface area contributed by atoms with E-state index in [-0.39, 0.29) is 12.4 Å². The smallest absolute Gasteiger partial charge is 0.143 e. The van der Waals surface area contributed by atoms with Gasteiger partial charge in [0, 0.05) is 0 Å². The summed E-state index contributed by atoms with van der Waals surface area (Å²) < 4.78 is 0. The largest absolute Gasteiger partial charge is 1.00 e. The highest BCUT2D eigenvalue weighted by atomic mass is 35.5. The Morgan fingerprint density at radius 2 is 2.50 bits per heavy atom. The van der Waals surface area contributed by atoms with Gasteiger partial charge in [0.15, 0.2) is 0 Å². The van der Waals surface area contributed by atoms with Gasteiger partial charge in [-0.2, -0.15) is 10.5 Å². The van der Waals surface area contributed by atoms with Gasteiger partial charge in [-0.1, -0.05) is 0 Å². The van der Waals surface area contributed by atoms with Crippen molar-refractivity contribution in [3.05, 3.63) is 0 Å². The molecular formula is C2H6ClN3. The van der Waals surface area contributed by atoms with Crippen molar-refractivity contribution in [3.8, 4) is 0 Å². The molecular weight excluding hydrogens is 101 g/mol. The first-order valence-electron chi connectivity index (χ1n) is 1.65. The zero-order valence-electron chi connectivity index (χ0n) is 3.24. The van der Waals surface area contributed by atoms with E-state index < -0.39 is 0 Å². The van der Waals surface area contributed by atoms with E-state index in [1.54, 1.807) is 0 Å². The van der Waals surface area contributed by atoms with Crippen molar-refractivity contribution in [2.45, 2.75) is 0 Å². The Hall–Kier alpha value is -0.310. The highest BCUT2D eigenvalue weighted by molar-refractivity contribution is 4.29. The number of hydrogen-bond acceptors (Lipinski definition) is 2. The minimum absolute atomic E-state index is 0. The fraction of sp³-hybridized carbons (Fsp3) is 1.00. The lowest BCUT2D eigenvalue weighted by Gasteiger charge is -1.62. The van der Waals surface area contributed by atoms with Crippen LogP contribution in [0.1, 0.15) is 0 Å². The third kappa shape index (κ3) is 1.21. The van der Waals surface area contributed by atoms with Crippen LogP contribution < -0.4 is 22.9 Å². The Labute approximate surface area is 42.2 Å². The van der Waals surface area contributed by atoms with Gasteiger partial charge < -0.3 is 12.4 Å². The van der Waals surface area contributed by atoms with E-state index in [9.17, 15) is 0 Å². The van der Waals surface area contributed by atoms with E-state index in [1.807, 2.05) is 0 Å². The van der Waals surface area contributed by atoms with Crippen LogP contribution in [0.5, 0.6) is 0 Å². The van der Waals surface area contributed by atoms with Crippen LogP contribution in [0.4, 0.5) is 0 Å². The quantitative estimate of drug-likeness (QED) is 0.320. The van der Waals surface area contributed by atoms with Crippen molar-refractivity contribution >= 4 is 0 Å². The summed E-state index contributed by atoms with van der Waals surface area (Å²) in [5.41, 5.74) is 2.74. The number of halogens is 1. The van der Waals surface area contributed by atoms with Gasteiger partial charge in [0.2, 0.25) is 0 Å². The molecule has 0 fully saturated rings. The molecule has 6 heavy (non-hydrogen) atoms. The first-order chi connectivity index (χ1) is 2.50. The maximum atomic E-state index is 3.58. The fourth-order valence-corrected chi connectivity index (χ4v) is 0.280. The van der Waals surface area contributed by atoms with E-state index in [1.165, 1.54) is 0 Å². The second kappa shape index (κ2) is 2.90. The number of nitrogens with zero attached hydrogens (tertiary/aromatic N) is 1. The predicted molar refractivity (Wildman–Crippen MR) is 16.3 cm³/mol. The maximum Gasteiger partial charge on any atom is 0.143 e. The summed E-state index contributed by atoms with van der Waals surface area (Å²) in [6.45, 7) is 1.94. The Morgan fingerprint density at radius 1 is 1.67 bits per heavy atom. The Bertz CT molecular complexity index is 46.8. The molecule has 0 unspecified atom stereocenters.